The molecular weight excluding hydrogens is 302 g/mol. The molecule has 2 rings (SSSR count). The van der Waals surface area contributed by atoms with Crippen LogP contribution in [0.25, 0.3) is 6.08 Å². The largest absolute Gasteiger partial charge is 0.478 e. The average Bonchev–Trinajstić information content (AvgIpc) is 2.89. The van der Waals surface area contributed by atoms with E-state index in [1.54, 1.807) is 12.1 Å². The van der Waals surface area contributed by atoms with Gasteiger partial charge in [0.15, 0.2) is 0 Å². The highest BCUT2D eigenvalue weighted by Gasteiger charge is 2.09. The Kier molecular flexibility index (Phi) is 4.44. The van der Waals surface area contributed by atoms with Gasteiger partial charge in [0.05, 0.1) is 6.20 Å². The van der Waals surface area contributed by atoms with Gasteiger partial charge in [-0.25, -0.2) is 4.79 Å². The summed E-state index contributed by atoms with van der Waals surface area (Å²) in [6.07, 6.45) is 3.78. The van der Waals surface area contributed by atoms with Gasteiger partial charge in [-0.2, -0.15) is 0 Å². The molecule has 0 aliphatic rings. The molecule has 0 bridgehead atoms. The number of nitrogens with zero attached hydrogens (tertiary/aromatic N) is 2. The fourth-order valence-corrected chi connectivity index (χ4v) is 2.03. The van der Waals surface area contributed by atoms with Crippen molar-refractivity contribution in [3.8, 4) is 0 Å². The summed E-state index contributed by atoms with van der Waals surface area (Å²) in [6.45, 7) is 0. The molecule has 6 nitrogen and oxygen atoms in total. The lowest BCUT2D eigenvalue weighted by atomic mass is 10.1. The Hall–Kier alpha value is -2.25. The van der Waals surface area contributed by atoms with E-state index in [2.05, 4.69) is 14.9 Å². The summed E-state index contributed by atoms with van der Waals surface area (Å²) in [7, 11) is 0. The third-order valence-corrected chi connectivity index (χ3v) is 3.17. The van der Waals surface area contributed by atoms with Crippen molar-refractivity contribution in [3.63, 3.8) is 0 Å². The molecule has 0 aliphatic carbocycles. The van der Waals surface area contributed by atoms with E-state index in [1.165, 1.54) is 18.3 Å². The van der Waals surface area contributed by atoms with Crippen LogP contribution in [0.5, 0.6) is 0 Å². The van der Waals surface area contributed by atoms with Gasteiger partial charge in [-0.05, 0) is 23.8 Å². The average molecular weight is 310 g/mol. The maximum Gasteiger partial charge on any atom is 0.328 e. The van der Waals surface area contributed by atoms with Crippen molar-refractivity contribution in [2.45, 2.75) is 0 Å². The summed E-state index contributed by atoms with van der Waals surface area (Å²) < 4.78 is 3.63. The first kappa shape index (κ1) is 14.2. The molecule has 0 spiro atoms. The van der Waals surface area contributed by atoms with Gasteiger partial charge in [-0.3, -0.25) is 4.79 Å². The lowest BCUT2D eigenvalue weighted by Crippen LogP contribution is -2.10. The molecule has 20 heavy (non-hydrogen) atoms. The normalized spacial score (nSPS) is 10.7. The second kappa shape index (κ2) is 6.27. The predicted octanol–water partition coefficient (Wildman–Crippen LogP) is 2.54. The first-order chi connectivity index (χ1) is 9.56. The molecular formula is C12H8ClN3O3S. The summed E-state index contributed by atoms with van der Waals surface area (Å²) >= 11 is 7.05. The zero-order valence-electron chi connectivity index (χ0n) is 9.91. The van der Waals surface area contributed by atoms with E-state index in [-0.39, 0.29) is 10.9 Å². The minimum absolute atomic E-state index is 0.289. The second-order valence-corrected chi connectivity index (χ2v) is 4.84. The molecule has 0 saturated carbocycles. The molecule has 1 aromatic heterocycles. The molecule has 0 atom stereocenters. The van der Waals surface area contributed by atoms with E-state index in [1.807, 2.05) is 0 Å². The first-order valence-electron chi connectivity index (χ1n) is 5.35. The van der Waals surface area contributed by atoms with Crippen LogP contribution in [0.15, 0.2) is 30.5 Å². The maximum absolute atomic E-state index is 11.9. The standard InChI is InChI=1S/C12H8ClN3O3S/c13-9-5-8(2-1-7(9)3-4-11(17)18)12(19)15-10-6-14-16-20-10/h1-6H,(H,15,19)(H,17,18)/b4-3+. The van der Waals surface area contributed by atoms with Gasteiger partial charge in [0.2, 0.25) is 0 Å². The molecule has 1 aromatic carbocycles. The highest BCUT2D eigenvalue weighted by molar-refractivity contribution is 7.10. The summed E-state index contributed by atoms with van der Waals surface area (Å²) in [6, 6.07) is 4.59. The summed E-state index contributed by atoms with van der Waals surface area (Å²) in [5.41, 5.74) is 0.876. The van der Waals surface area contributed by atoms with Crippen LogP contribution in [0.4, 0.5) is 5.00 Å². The maximum atomic E-state index is 11.9. The number of carboxylic acids is 1. The number of halogens is 1. The molecule has 0 radical (unpaired) electrons. The number of nitrogens with one attached hydrogen (secondary N) is 1. The predicted molar refractivity (Wildman–Crippen MR) is 76.0 cm³/mol. The molecule has 102 valence electrons. The van der Waals surface area contributed by atoms with Crippen molar-refractivity contribution in [2.75, 3.05) is 5.32 Å². The molecule has 0 saturated heterocycles. The zero-order chi connectivity index (χ0) is 14.5. The quantitative estimate of drug-likeness (QED) is 0.847. The molecule has 2 N–H and O–H groups in total. The lowest BCUT2D eigenvalue weighted by molar-refractivity contribution is -0.131. The third kappa shape index (κ3) is 3.62. The monoisotopic (exact) mass is 309 g/mol. The van der Waals surface area contributed by atoms with Gasteiger partial charge in [-0.1, -0.05) is 22.2 Å². The zero-order valence-corrected chi connectivity index (χ0v) is 11.5. The number of anilines is 1. The summed E-state index contributed by atoms with van der Waals surface area (Å²) in [5.74, 6) is -1.41. The van der Waals surface area contributed by atoms with E-state index in [4.69, 9.17) is 16.7 Å². The van der Waals surface area contributed by atoms with Crippen LogP contribution >= 0.6 is 23.1 Å². The van der Waals surface area contributed by atoms with E-state index in [9.17, 15) is 9.59 Å². The van der Waals surface area contributed by atoms with Gasteiger partial charge in [0.25, 0.3) is 5.91 Å². The molecule has 2 aromatic rings. The van der Waals surface area contributed by atoms with Gasteiger partial charge in [0.1, 0.15) is 5.00 Å². The minimum Gasteiger partial charge on any atom is -0.478 e. The van der Waals surface area contributed by atoms with Crippen molar-refractivity contribution in [2.24, 2.45) is 0 Å². The van der Waals surface area contributed by atoms with Crippen molar-refractivity contribution in [3.05, 3.63) is 46.6 Å². The van der Waals surface area contributed by atoms with Crippen LogP contribution in [-0.4, -0.2) is 26.6 Å². The SMILES string of the molecule is O=C(O)/C=C/c1ccc(C(=O)Nc2cnns2)cc1Cl. The Morgan fingerprint density at radius 1 is 1.40 bits per heavy atom. The Morgan fingerprint density at radius 2 is 2.20 bits per heavy atom. The van der Waals surface area contributed by atoms with Crippen LogP contribution in [-0.2, 0) is 4.79 Å². The number of amides is 1. The van der Waals surface area contributed by atoms with Crippen LogP contribution in [0, 0.1) is 0 Å². The number of benzene rings is 1. The molecule has 1 heterocycles. The molecule has 1 amide bonds. The highest BCUT2D eigenvalue weighted by atomic mass is 35.5. The number of hydrogen-bond donors (Lipinski definition) is 2. The van der Waals surface area contributed by atoms with Crippen molar-refractivity contribution in [1.29, 1.82) is 0 Å². The first-order valence-corrected chi connectivity index (χ1v) is 6.50. The highest BCUT2D eigenvalue weighted by Crippen LogP contribution is 2.20. The Labute approximate surface area is 122 Å². The van der Waals surface area contributed by atoms with E-state index in [0.29, 0.717) is 16.1 Å². The van der Waals surface area contributed by atoms with Crippen LogP contribution in [0.1, 0.15) is 15.9 Å². The number of hydrogen-bond acceptors (Lipinski definition) is 5. The van der Waals surface area contributed by atoms with Gasteiger partial charge >= 0.3 is 5.97 Å². The third-order valence-electron chi connectivity index (χ3n) is 2.27. The van der Waals surface area contributed by atoms with Gasteiger partial charge in [0, 0.05) is 28.2 Å². The van der Waals surface area contributed by atoms with Crippen LogP contribution in [0.3, 0.4) is 0 Å². The van der Waals surface area contributed by atoms with Gasteiger partial charge in [-0.15, -0.1) is 5.10 Å². The molecule has 0 aliphatic heterocycles. The lowest BCUT2D eigenvalue weighted by Gasteiger charge is -2.04. The van der Waals surface area contributed by atoms with E-state index >= 15 is 0 Å². The number of aliphatic carboxylic acids is 1. The summed E-state index contributed by atoms with van der Waals surface area (Å²) in [5, 5.41) is 15.6. The Bertz CT molecular complexity index is 671. The van der Waals surface area contributed by atoms with E-state index in [0.717, 1.165) is 17.6 Å². The van der Waals surface area contributed by atoms with Crippen molar-refractivity contribution < 1.29 is 14.7 Å². The number of rotatable bonds is 4. The number of carbonyl (C=O) groups is 2. The number of aromatic nitrogens is 2. The molecule has 8 heteroatoms. The second-order valence-electron chi connectivity index (χ2n) is 3.64. The molecule has 0 unspecified atom stereocenters. The molecule has 0 fully saturated rings. The smallest absolute Gasteiger partial charge is 0.328 e. The van der Waals surface area contributed by atoms with Gasteiger partial charge < -0.3 is 10.4 Å². The van der Waals surface area contributed by atoms with Crippen molar-refractivity contribution in [1.82, 2.24) is 9.59 Å². The number of carboxylic acid groups (broad SMARTS) is 1. The minimum atomic E-state index is -1.07. The summed E-state index contributed by atoms with van der Waals surface area (Å²) in [4.78, 5) is 22.3. The Balaban J connectivity index is 2.16. The van der Waals surface area contributed by atoms with Crippen LogP contribution < -0.4 is 5.32 Å². The van der Waals surface area contributed by atoms with E-state index < -0.39 is 5.97 Å². The fourth-order valence-electron chi connectivity index (χ4n) is 1.37. The van der Waals surface area contributed by atoms with Crippen LogP contribution in [0.2, 0.25) is 5.02 Å². The number of carbonyl (C=O) groups excluding carboxylic acids is 1. The Morgan fingerprint density at radius 3 is 2.80 bits per heavy atom. The topological polar surface area (TPSA) is 92.2 Å². The van der Waals surface area contributed by atoms with Crippen molar-refractivity contribution >= 4 is 46.1 Å². The fraction of sp³-hybridized carbons (Fsp3) is 0.